The highest BCUT2D eigenvalue weighted by molar-refractivity contribution is 6.21. The van der Waals surface area contributed by atoms with Gasteiger partial charge in [0.2, 0.25) is 0 Å². The van der Waals surface area contributed by atoms with Crippen molar-refractivity contribution in [3.8, 4) is 0 Å². The summed E-state index contributed by atoms with van der Waals surface area (Å²) in [5.74, 6) is -0.524. The topological polar surface area (TPSA) is 76.2 Å². The lowest BCUT2D eigenvalue weighted by molar-refractivity contribution is -0.367. The zero-order chi connectivity index (χ0) is 17.7. The Kier molecular flexibility index (Phi) is 5.69. The predicted octanol–water partition coefficient (Wildman–Crippen LogP) is 2.18. The predicted molar refractivity (Wildman–Crippen MR) is 85.7 cm³/mol. The van der Waals surface area contributed by atoms with E-state index in [1.165, 1.54) is 4.90 Å². The Morgan fingerprint density at radius 2 is 1.67 bits per heavy atom. The molecule has 2 rings (SSSR count). The number of hydrogen-bond acceptors (Lipinski definition) is 5. The molecule has 1 aromatic rings. The van der Waals surface area contributed by atoms with E-state index in [9.17, 15) is 14.4 Å². The van der Waals surface area contributed by atoms with Crippen molar-refractivity contribution in [1.82, 2.24) is 10.1 Å². The van der Waals surface area contributed by atoms with Crippen LogP contribution in [0.4, 0.5) is 0 Å². The van der Waals surface area contributed by atoms with Crippen LogP contribution in [0.25, 0.3) is 0 Å². The molecule has 3 amide bonds. The number of rotatable bonds is 8. The molecule has 7 heteroatoms. The summed E-state index contributed by atoms with van der Waals surface area (Å²) in [5, 5.41) is 0.794. The monoisotopic (exact) mass is 334 g/mol. The molecule has 0 bridgehead atoms. The molecule has 1 aliphatic rings. The van der Waals surface area contributed by atoms with E-state index in [2.05, 4.69) is 0 Å². The Bertz CT molecular complexity index is 589. The second-order valence-electron chi connectivity index (χ2n) is 6.44. The van der Waals surface area contributed by atoms with E-state index in [0.29, 0.717) is 36.9 Å². The number of hydrogen-bond donors (Lipinski definition) is 0. The number of amides is 3. The van der Waals surface area contributed by atoms with Gasteiger partial charge in [-0.3, -0.25) is 19.3 Å². The first-order chi connectivity index (χ1) is 11.3. The average molecular weight is 334 g/mol. The Morgan fingerprint density at radius 1 is 1.08 bits per heavy atom. The molecule has 0 saturated carbocycles. The van der Waals surface area contributed by atoms with Crippen LogP contribution in [-0.4, -0.2) is 47.1 Å². The van der Waals surface area contributed by atoms with Gasteiger partial charge in [0.1, 0.15) is 0 Å². The van der Waals surface area contributed by atoms with Crippen LogP contribution in [0, 0.1) is 0 Å². The van der Waals surface area contributed by atoms with E-state index < -0.39 is 5.60 Å². The smallest absolute Gasteiger partial charge is 0.261 e. The highest BCUT2D eigenvalue weighted by Crippen LogP contribution is 2.22. The summed E-state index contributed by atoms with van der Waals surface area (Å²) >= 11 is 0. The third-order valence-electron chi connectivity index (χ3n) is 3.32. The normalized spacial score (nSPS) is 14.0. The second kappa shape index (κ2) is 7.55. The molecule has 0 aromatic heterocycles. The molecule has 24 heavy (non-hydrogen) atoms. The minimum atomic E-state index is -0.541. The fraction of sp³-hybridized carbons (Fsp3) is 0.471. The van der Waals surface area contributed by atoms with E-state index in [1.54, 1.807) is 45.0 Å². The third-order valence-corrected chi connectivity index (χ3v) is 3.32. The quantitative estimate of drug-likeness (QED) is 0.315. The number of hydroxylamine groups is 2. The third kappa shape index (κ3) is 4.39. The fourth-order valence-electron chi connectivity index (χ4n) is 2.32. The van der Waals surface area contributed by atoms with Crippen molar-refractivity contribution in [1.29, 1.82) is 0 Å². The number of carbonyl (C=O) groups is 3. The molecule has 1 heterocycles. The van der Waals surface area contributed by atoms with Crippen LogP contribution in [-0.2, 0) is 14.5 Å². The van der Waals surface area contributed by atoms with Gasteiger partial charge in [-0.1, -0.05) is 17.4 Å². The summed E-state index contributed by atoms with van der Waals surface area (Å²) in [6, 6.07) is 6.80. The average Bonchev–Trinajstić information content (AvgIpc) is 2.77. The molecule has 0 N–H and O–H groups in total. The van der Waals surface area contributed by atoms with Gasteiger partial charge in [0.25, 0.3) is 18.2 Å². The van der Waals surface area contributed by atoms with Crippen LogP contribution >= 0.6 is 0 Å². The van der Waals surface area contributed by atoms with Gasteiger partial charge >= 0.3 is 0 Å². The minimum Gasteiger partial charge on any atom is -0.274 e. The summed E-state index contributed by atoms with van der Waals surface area (Å²) in [6.45, 7) is 5.97. The number of imide groups is 1. The number of benzene rings is 1. The second-order valence-corrected chi connectivity index (χ2v) is 6.44. The summed E-state index contributed by atoms with van der Waals surface area (Å²) in [6.07, 6.45) is 1.61. The van der Waals surface area contributed by atoms with Gasteiger partial charge in [-0.15, -0.1) is 0 Å². The number of carbonyl (C=O) groups excluding carboxylic acids is 3. The van der Waals surface area contributed by atoms with Crippen LogP contribution in [0.3, 0.4) is 0 Å². The zero-order valence-corrected chi connectivity index (χ0v) is 14.2. The molecule has 0 unspecified atom stereocenters. The maximum absolute atomic E-state index is 12.2. The van der Waals surface area contributed by atoms with E-state index in [0.717, 1.165) is 5.23 Å². The van der Waals surface area contributed by atoms with Crippen LogP contribution in [0.2, 0.25) is 0 Å². The van der Waals surface area contributed by atoms with Gasteiger partial charge in [-0.25, -0.2) is 9.68 Å². The fourth-order valence-corrected chi connectivity index (χ4v) is 2.32. The minimum absolute atomic E-state index is 0.248. The molecule has 0 spiro atoms. The maximum atomic E-state index is 12.2. The Morgan fingerprint density at radius 3 is 2.17 bits per heavy atom. The lowest BCUT2D eigenvalue weighted by atomic mass is 10.1. The van der Waals surface area contributed by atoms with Crippen molar-refractivity contribution >= 4 is 18.2 Å². The number of nitrogens with zero attached hydrogens (tertiary/aromatic N) is 2. The van der Waals surface area contributed by atoms with Crippen LogP contribution < -0.4 is 0 Å². The maximum Gasteiger partial charge on any atom is 0.261 e. The summed E-state index contributed by atoms with van der Waals surface area (Å²) in [4.78, 5) is 46.9. The van der Waals surface area contributed by atoms with Crippen molar-refractivity contribution in [3.63, 3.8) is 0 Å². The van der Waals surface area contributed by atoms with Crippen LogP contribution in [0.1, 0.15) is 54.3 Å². The molecule has 1 aromatic carbocycles. The standard InChI is InChI=1S/C17H22N2O5/c1-17(2,3)24-19(12-20)23-11-7-6-10-18-15(21)13-8-4-5-9-14(13)16(18)22/h4-5,8-9,12H,6-7,10-11H2,1-3H3. The van der Waals surface area contributed by atoms with E-state index in [1.807, 2.05) is 0 Å². The molecule has 0 radical (unpaired) electrons. The van der Waals surface area contributed by atoms with Crippen LogP contribution in [0.15, 0.2) is 24.3 Å². The van der Waals surface area contributed by atoms with Crippen molar-refractivity contribution in [3.05, 3.63) is 35.4 Å². The van der Waals surface area contributed by atoms with E-state index in [-0.39, 0.29) is 18.4 Å². The number of fused-ring (bicyclic) bond motifs is 1. The molecule has 0 atom stereocenters. The zero-order valence-electron chi connectivity index (χ0n) is 14.2. The first-order valence-electron chi connectivity index (χ1n) is 7.85. The molecule has 1 aliphatic heterocycles. The van der Waals surface area contributed by atoms with Crippen molar-refractivity contribution in [2.45, 2.75) is 39.2 Å². The summed E-state index contributed by atoms with van der Waals surface area (Å²) < 4.78 is 0. The molecular weight excluding hydrogens is 312 g/mol. The Hall–Kier alpha value is -2.25. The van der Waals surface area contributed by atoms with E-state index in [4.69, 9.17) is 9.68 Å². The van der Waals surface area contributed by atoms with E-state index >= 15 is 0 Å². The highest BCUT2D eigenvalue weighted by atomic mass is 17.0. The molecule has 7 nitrogen and oxygen atoms in total. The van der Waals surface area contributed by atoms with Crippen molar-refractivity contribution in [2.75, 3.05) is 13.2 Å². The molecule has 0 fully saturated rings. The molecular formula is C17H22N2O5. The van der Waals surface area contributed by atoms with Gasteiger partial charge in [-0.05, 0) is 45.7 Å². The molecule has 130 valence electrons. The van der Waals surface area contributed by atoms with Gasteiger partial charge in [0.05, 0.1) is 23.3 Å². The van der Waals surface area contributed by atoms with Crippen LogP contribution in [0.5, 0.6) is 0 Å². The largest absolute Gasteiger partial charge is 0.274 e. The molecule has 0 saturated heterocycles. The lowest BCUT2D eigenvalue weighted by Crippen LogP contribution is -2.34. The van der Waals surface area contributed by atoms with Crippen molar-refractivity contribution < 1.29 is 24.1 Å². The Balaban J connectivity index is 1.75. The lowest BCUT2D eigenvalue weighted by Gasteiger charge is -2.25. The Labute approximate surface area is 141 Å². The summed E-state index contributed by atoms with van der Waals surface area (Å²) in [5.41, 5.74) is 0.357. The first kappa shape index (κ1) is 18.1. The van der Waals surface area contributed by atoms with Gasteiger partial charge in [0.15, 0.2) is 0 Å². The van der Waals surface area contributed by atoms with Gasteiger partial charge < -0.3 is 0 Å². The van der Waals surface area contributed by atoms with Gasteiger partial charge in [0, 0.05) is 6.54 Å². The summed E-state index contributed by atoms with van der Waals surface area (Å²) in [7, 11) is 0. The van der Waals surface area contributed by atoms with Crippen molar-refractivity contribution in [2.24, 2.45) is 0 Å². The first-order valence-corrected chi connectivity index (χ1v) is 7.85. The highest BCUT2D eigenvalue weighted by Gasteiger charge is 2.34. The SMILES string of the molecule is CC(C)(C)ON(C=O)OCCCCN1C(=O)c2ccccc2C1=O. The number of unbranched alkanes of at least 4 members (excludes halogenated alkanes) is 1. The molecule has 0 aliphatic carbocycles. The van der Waals surface area contributed by atoms with Gasteiger partial charge in [-0.2, -0.15) is 0 Å².